The summed E-state index contributed by atoms with van der Waals surface area (Å²) in [5.74, 6) is 0.627. The van der Waals surface area contributed by atoms with Crippen molar-refractivity contribution in [3.63, 3.8) is 0 Å². The van der Waals surface area contributed by atoms with Crippen LogP contribution in [-0.2, 0) is 9.53 Å². The van der Waals surface area contributed by atoms with Crippen molar-refractivity contribution in [2.24, 2.45) is 5.92 Å². The summed E-state index contributed by atoms with van der Waals surface area (Å²) in [5, 5.41) is 11.0. The van der Waals surface area contributed by atoms with Crippen LogP contribution in [0.1, 0.15) is 46.1 Å². The first-order valence-electron chi connectivity index (χ1n) is 8.89. The second-order valence-electron chi connectivity index (χ2n) is 7.62. The maximum atomic E-state index is 13.2. The molecule has 1 aliphatic heterocycles. The van der Waals surface area contributed by atoms with Crippen molar-refractivity contribution >= 4 is 11.5 Å². The van der Waals surface area contributed by atoms with Gasteiger partial charge in [0.05, 0.1) is 17.2 Å². The van der Waals surface area contributed by atoms with Crippen molar-refractivity contribution in [2.75, 3.05) is 6.73 Å². The summed E-state index contributed by atoms with van der Waals surface area (Å²) in [7, 11) is 0. The molecule has 0 bridgehead atoms. The highest BCUT2D eigenvalue weighted by Gasteiger charge is 2.44. The number of hydrogen-bond acceptors (Lipinski definition) is 3. The maximum absolute atomic E-state index is 13.2. The van der Waals surface area contributed by atoms with E-state index < -0.39 is 11.6 Å². The molecule has 1 aliphatic carbocycles. The van der Waals surface area contributed by atoms with Crippen molar-refractivity contribution < 1.29 is 14.6 Å². The van der Waals surface area contributed by atoms with Crippen LogP contribution in [0.4, 0.5) is 0 Å². The van der Waals surface area contributed by atoms with E-state index in [1.54, 1.807) is 4.90 Å². The minimum absolute atomic E-state index is 0.0787. The minimum atomic E-state index is -0.719. The van der Waals surface area contributed by atoms with Crippen LogP contribution in [0, 0.1) is 5.92 Å². The van der Waals surface area contributed by atoms with E-state index >= 15 is 0 Å². The van der Waals surface area contributed by atoms with Crippen LogP contribution < -0.4 is 0 Å². The fourth-order valence-corrected chi connectivity index (χ4v) is 3.80. The first-order valence-corrected chi connectivity index (χ1v) is 8.89. The molecule has 0 fully saturated rings. The van der Waals surface area contributed by atoms with E-state index in [0.29, 0.717) is 11.3 Å². The number of benzene rings is 1. The molecule has 2 unspecified atom stereocenters. The zero-order valence-electron chi connectivity index (χ0n) is 15.5. The molecule has 1 N–H and O–H groups in total. The van der Waals surface area contributed by atoms with E-state index in [9.17, 15) is 9.90 Å². The fraction of sp³-hybridized carbons (Fsp3) is 0.476. The van der Waals surface area contributed by atoms with Gasteiger partial charge in [0.1, 0.15) is 5.76 Å². The number of hydrogen-bond donors (Lipinski definition) is 1. The Balaban J connectivity index is 1.89. The van der Waals surface area contributed by atoms with Crippen LogP contribution in [0.2, 0.25) is 0 Å². The molecule has 0 radical (unpaired) electrons. The molecule has 134 valence electrons. The summed E-state index contributed by atoms with van der Waals surface area (Å²) in [6.45, 7) is 7.92. The topological polar surface area (TPSA) is 49.8 Å². The van der Waals surface area contributed by atoms with Gasteiger partial charge < -0.3 is 9.84 Å². The average molecular weight is 341 g/mol. The molecule has 1 amide bonds. The van der Waals surface area contributed by atoms with Gasteiger partial charge in [-0.15, -0.1) is 0 Å². The van der Waals surface area contributed by atoms with Crippen LogP contribution in [0.25, 0.3) is 5.57 Å². The summed E-state index contributed by atoms with van der Waals surface area (Å²) in [4.78, 5) is 14.9. The lowest BCUT2D eigenvalue weighted by atomic mass is 9.84. The zero-order valence-corrected chi connectivity index (χ0v) is 15.5. The van der Waals surface area contributed by atoms with Gasteiger partial charge in [-0.25, -0.2) is 0 Å². The third kappa shape index (κ3) is 3.23. The van der Waals surface area contributed by atoms with E-state index in [0.717, 1.165) is 18.4 Å². The molecule has 2 aliphatic rings. The number of carbonyl (C=O) groups excluding carboxylic acids is 1. The van der Waals surface area contributed by atoms with Gasteiger partial charge in [0.15, 0.2) is 6.73 Å². The molecule has 0 spiro atoms. The Kier molecular flexibility index (Phi) is 4.74. The van der Waals surface area contributed by atoms with Crippen molar-refractivity contribution in [1.29, 1.82) is 0 Å². The Morgan fingerprint density at radius 3 is 2.52 bits per heavy atom. The summed E-state index contributed by atoms with van der Waals surface area (Å²) in [5.41, 5.74) is 2.01. The third-order valence-electron chi connectivity index (χ3n) is 5.48. The predicted molar refractivity (Wildman–Crippen MR) is 98.4 cm³/mol. The zero-order chi connectivity index (χ0) is 18.2. The Hall–Kier alpha value is -2.07. The van der Waals surface area contributed by atoms with E-state index in [-0.39, 0.29) is 18.6 Å². The van der Waals surface area contributed by atoms with Gasteiger partial charge in [0.25, 0.3) is 5.91 Å². The third-order valence-corrected chi connectivity index (χ3v) is 5.48. The van der Waals surface area contributed by atoms with Crippen molar-refractivity contribution in [3.8, 4) is 0 Å². The normalized spacial score (nSPS) is 22.8. The molecule has 1 aromatic rings. The van der Waals surface area contributed by atoms with Gasteiger partial charge in [-0.3, -0.25) is 9.69 Å². The highest BCUT2D eigenvalue weighted by atomic mass is 16.5. The number of allylic oxidation sites excluding steroid dienone is 2. The number of rotatable bonds is 4. The van der Waals surface area contributed by atoms with E-state index in [1.165, 1.54) is 5.57 Å². The molecule has 1 aromatic carbocycles. The molecular formula is C21H27NO3. The Morgan fingerprint density at radius 1 is 1.24 bits per heavy atom. The largest absolute Gasteiger partial charge is 0.477 e. The molecule has 1 heterocycles. The Morgan fingerprint density at radius 2 is 1.92 bits per heavy atom. The number of aliphatic hydroxyl groups is 1. The molecule has 2 atom stereocenters. The number of carbonyl (C=O) groups is 1. The number of aliphatic hydroxyl groups excluding tert-OH is 1. The molecule has 0 saturated heterocycles. The number of amides is 1. The van der Waals surface area contributed by atoms with Crippen LogP contribution in [-0.4, -0.2) is 34.3 Å². The molecule has 0 saturated carbocycles. The standard InChI is InChI=1S/C21H27NO3/c1-14-10-11-17(12-14)19(23)21(3,4)22-13-25-15(2)18(20(22)24)16-8-6-5-7-9-16/h5-9,12,17,19,23H,10-11,13H2,1-4H3. The lowest BCUT2D eigenvalue weighted by Crippen LogP contribution is -2.58. The summed E-state index contributed by atoms with van der Waals surface area (Å²) >= 11 is 0. The number of ether oxygens (including phenoxy) is 1. The second-order valence-corrected chi connectivity index (χ2v) is 7.62. The van der Waals surface area contributed by atoms with Crippen LogP contribution in [0.3, 0.4) is 0 Å². The van der Waals surface area contributed by atoms with Gasteiger partial charge in [0.2, 0.25) is 0 Å². The molecule has 4 heteroatoms. The highest BCUT2D eigenvalue weighted by molar-refractivity contribution is 6.20. The van der Waals surface area contributed by atoms with Crippen LogP contribution >= 0.6 is 0 Å². The van der Waals surface area contributed by atoms with Crippen molar-refractivity contribution in [2.45, 2.75) is 52.2 Å². The van der Waals surface area contributed by atoms with Crippen molar-refractivity contribution in [3.05, 3.63) is 53.3 Å². The van der Waals surface area contributed by atoms with E-state index in [2.05, 4.69) is 13.0 Å². The van der Waals surface area contributed by atoms with Gasteiger partial charge in [-0.2, -0.15) is 0 Å². The van der Waals surface area contributed by atoms with E-state index in [4.69, 9.17) is 4.74 Å². The summed E-state index contributed by atoms with van der Waals surface area (Å²) in [6.07, 6.45) is 3.45. The fourth-order valence-electron chi connectivity index (χ4n) is 3.80. The number of nitrogens with zero attached hydrogens (tertiary/aromatic N) is 1. The first kappa shape index (κ1) is 17.7. The average Bonchev–Trinajstić information content (AvgIpc) is 3.01. The van der Waals surface area contributed by atoms with Gasteiger partial charge >= 0.3 is 0 Å². The van der Waals surface area contributed by atoms with Gasteiger partial charge in [-0.1, -0.05) is 42.0 Å². The molecule has 25 heavy (non-hydrogen) atoms. The van der Waals surface area contributed by atoms with Crippen LogP contribution in [0.5, 0.6) is 0 Å². The highest BCUT2D eigenvalue weighted by Crippen LogP contribution is 2.37. The van der Waals surface area contributed by atoms with Gasteiger partial charge in [0, 0.05) is 5.92 Å². The van der Waals surface area contributed by atoms with Crippen LogP contribution in [0.15, 0.2) is 47.7 Å². The smallest absolute Gasteiger partial charge is 0.261 e. The molecular weight excluding hydrogens is 314 g/mol. The summed E-state index contributed by atoms with van der Waals surface area (Å²) in [6, 6.07) is 9.57. The minimum Gasteiger partial charge on any atom is -0.477 e. The Labute approximate surface area is 149 Å². The monoisotopic (exact) mass is 341 g/mol. The quantitative estimate of drug-likeness (QED) is 0.849. The predicted octanol–water partition coefficient (Wildman–Crippen LogP) is 3.73. The molecule has 0 aromatic heterocycles. The molecule has 4 nitrogen and oxygen atoms in total. The lowest BCUT2D eigenvalue weighted by molar-refractivity contribution is -0.147. The lowest BCUT2D eigenvalue weighted by Gasteiger charge is -2.45. The second kappa shape index (κ2) is 6.68. The van der Waals surface area contributed by atoms with Gasteiger partial charge in [-0.05, 0) is 46.1 Å². The molecule has 3 rings (SSSR count). The SMILES string of the molecule is CC1=CC(C(O)C(C)(C)N2COC(C)=C(c3ccccc3)C2=O)CC1. The first-order chi connectivity index (χ1) is 11.8. The Bertz CT molecular complexity index is 718. The van der Waals surface area contributed by atoms with Crippen molar-refractivity contribution in [1.82, 2.24) is 4.90 Å². The van der Waals surface area contributed by atoms with E-state index in [1.807, 2.05) is 51.1 Å². The summed E-state index contributed by atoms with van der Waals surface area (Å²) < 4.78 is 5.81. The maximum Gasteiger partial charge on any atom is 0.261 e.